The molecule has 0 saturated carbocycles. The third kappa shape index (κ3) is 4.60. The van der Waals surface area contributed by atoms with Gasteiger partial charge in [-0.2, -0.15) is 0 Å². The van der Waals surface area contributed by atoms with Crippen molar-refractivity contribution in [3.8, 4) is 0 Å². The first kappa shape index (κ1) is 16.3. The molecular formula is C12H20ClNO3. The van der Waals surface area contributed by atoms with Crippen LogP contribution in [0.4, 0.5) is 0 Å². The number of aliphatic hydroxyl groups excluding tert-OH is 1. The van der Waals surface area contributed by atoms with Gasteiger partial charge >= 0.3 is 0 Å². The molecule has 1 atom stereocenters. The summed E-state index contributed by atoms with van der Waals surface area (Å²) in [6.45, 7) is 5.61. The van der Waals surface area contributed by atoms with Crippen LogP contribution in [0.1, 0.15) is 44.4 Å². The maximum absolute atomic E-state index is 9.34. The largest absolute Gasteiger partial charge is 0.387 e. The van der Waals surface area contributed by atoms with E-state index in [1.54, 1.807) is 19.2 Å². The lowest BCUT2D eigenvalue weighted by Crippen LogP contribution is -2.06. The average molecular weight is 262 g/mol. The quantitative estimate of drug-likeness (QED) is 0.846. The molecule has 1 rings (SSSR count). The predicted octanol–water partition coefficient (Wildman–Crippen LogP) is 3.11. The molecule has 0 fully saturated rings. The molecule has 17 heavy (non-hydrogen) atoms. The molecule has 1 unspecified atom stereocenters. The average Bonchev–Trinajstić information content (AvgIpc) is 2.33. The van der Waals surface area contributed by atoms with Crippen molar-refractivity contribution >= 4 is 11.6 Å². The number of halogens is 1. The van der Waals surface area contributed by atoms with Gasteiger partial charge in [-0.05, 0) is 13.0 Å². The first-order chi connectivity index (χ1) is 8.10. The Balaban J connectivity index is 0.00000121. The van der Waals surface area contributed by atoms with Crippen LogP contribution in [-0.2, 0) is 9.47 Å². The van der Waals surface area contributed by atoms with Crippen molar-refractivity contribution in [3.05, 3.63) is 28.5 Å². The lowest BCUT2D eigenvalue weighted by atomic mass is 10.2. The first-order valence-electron chi connectivity index (χ1n) is 5.49. The lowest BCUT2D eigenvalue weighted by Gasteiger charge is -2.15. The highest BCUT2D eigenvalue weighted by Gasteiger charge is 2.14. The Kier molecular flexibility index (Phi) is 8.08. The summed E-state index contributed by atoms with van der Waals surface area (Å²) in [5.74, 6) is 0. The molecule has 5 heteroatoms. The molecule has 1 aromatic heterocycles. The fourth-order valence-corrected chi connectivity index (χ4v) is 1.60. The Labute approximate surface area is 108 Å². The van der Waals surface area contributed by atoms with Crippen molar-refractivity contribution < 1.29 is 14.6 Å². The summed E-state index contributed by atoms with van der Waals surface area (Å²) in [5, 5.41) is 9.74. The van der Waals surface area contributed by atoms with Gasteiger partial charge < -0.3 is 14.6 Å². The van der Waals surface area contributed by atoms with E-state index in [-0.39, 0.29) is 0 Å². The summed E-state index contributed by atoms with van der Waals surface area (Å²) >= 11 is 5.95. The number of ether oxygens (including phenoxy) is 2. The second-order valence-corrected chi connectivity index (χ2v) is 3.52. The first-order valence-corrected chi connectivity index (χ1v) is 5.87. The van der Waals surface area contributed by atoms with Crippen molar-refractivity contribution in [2.24, 2.45) is 0 Å². The van der Waals surface area contributed by atoms with Crippen molar-refractivity contribution in [3.63, 3.8) is 0 Å². The predicted molar refractivity (Wildman–Crippen MR) is 68.0 cm³/mol. The van der Waals surface area contributed by atoms with E-state index in [0.29, 0.717) is 10.7 Å². The van der Waals surface area contributed by atoms with Crippen molar-refractivity contribution in [2.45, 2.75) is 33.2 Å². The molecule has 0 spiro atoms. The van der Waals surface area contributed by atoms with Gasteiger partial charge in [-0.15, -0.1) is 0 Å². The van der Waals surface area contributed by atoms with Gasteiger partial charge in [0.25, 0.3) is 0 Å². The minimum Gasteiger partial charge on any atom is -0.387 e. The fraction of sp³-hybridized carbons (Fsp3) is 0.583. The number of pyridine rings is 1. The molecule has 1 N–H and O–H groups in total. The Hall–Kier alpha value is -0.680. The summed E-state index contributed by atoms with van der Waals surface area (Å²) < 4.78 is 10.1. The number of hydrogen-bond acceptors (Lipinski definition) is 4. The zero-order valence-corrected chi connectivity index (χ0v) is 11.7. The van der Waals surface area contributed by atoms with E-state index in [2.05, 4.69) is 4.98 Å². The molecule has 0 aliphatic heterocycles. The molecule has 4 nitrogen and oxygen atoms in total. The van der Waals surface area contributed by atoms with Gasteiger partial charge in [-0.3, -0.25) is 4.98 Å². The van der Waals surface area contributed by atoms with Gasteiger partial charge in [0.2, 0.25) is 0 Å². The standard InChI is InChI=1S/C10H14ClNO3.C2H6/c1-6(13)9-8(11)4-7(5-12-9)10(14-2)15-3;1-2/h4-6,10,13H,1-3H3;1-2H3. The number of aliphatic hydroxyl groups is 1. The molecule has 0 radical (unpaired) electrons. The van der Waals surface area contributed by atoms with E-state index in [9.17, 15) is 5.11 Å². The molecular weight excluding hydrogens is 242 g/mol. The third-order valence-electron chi connectivity index (χ3n) is 1.99. The van der Waals surface area contributed by atoms with Crippen LogP contribution in [0, 0.1) is 0 Å². The fourth-order valence-electron chi connectivity index (χ4n) is 1.27. The highest BCUT2D eigenvalue weighted by atomic mass is 35.5. The molecule has 98 valence electrons. The summed E-state index contributed by atoms with van der Waals surface area (Å²) in [7, 11) is 3.06. The molecule has 0 saturated heterocycles. The van der Waals surface area contributed by atoms with Crippen LogP contribution in [0.2, 0.25) is 5.02 Å². The van der Waals surface area contributed by atoms with Crippen LogP contribution >= 0.6 is 11.6 Å². The van der Waals surface area contributed by atoms with Crippen LogP contribution in [-0.4, -0.2) is 24.3 Å². The van der Waals surface area contributed by atoms with Gasteiger partial charge in [0, 0.05) is 26.0 Å². The maximum atomic E-state index is 9.34. The minimum absolute atomic E-state index is 0.404. The lowest BCUT2D eigenvalue weighted by molar-refractivity contribution is -0.106. The van der Waals surface area contributed by atoms with Gasteiger partial charge in [0.15, 0.2) is 6.29 Å². The smallest absolute Gasteiger partial charge is 0.184 e. The zero-order chi connectivity index (χ0) is 13.4. The van der Waals surface area contributed by atoms with Crippen LogP contribution in [0.3, 0.4) is 0 Å². The maximum Gasteiger partial charge on any atom is 0.184 e. The van der Waals surface area contributed by atoms with Gasteiger partial charge in [-0.25, -0.2) is 0 Å². The Morgan fingerprint density at radius 1 is 1.29 bits per heavy atom. The second kappa shape index (κ2) is 8.42. The molecule has 0 bridgehead atoms. The molecule has 0 amide bonds. The van der Waals surface area contributed by atoms with E-state index in [0.717, 1.165) is 5.56 Å². The number of rotatable bonds is 4. The number of aromatic nitrogens is 1. The highest BCUT2D eigenvalue weighted by molar-refractivity contribution is 6.31. The third-order valence-corrected chi connectivity index (χ3v) is 2.29. The number of hydrogen-bond donors (Lipinski definition) is 1. The molecule has 0 aliphatic carbocycles. The second-order valence-electron chi connectivity index (χ2n) is 3.12. The van der Waals surface area contributed by atoms with E-state index < -0.39 is 12.4 Å². The van der Waals surface area contributed by atoms with E-state index >= 15 is 0 Å². The molecule has 1 aromatic rings. The Morgan fingerprint density at radius 2 is 1.82 bits per heavy atom. The van der Waals surface area contributed by atoms with Gasteiger partial charge in [0.1, 0.15) is 0 Å². The van der Waals surface area contributed by atoms with Gasteiger partial charge in [0.05, 0.1) is 16.8 Å². The van der Waals surface area contributed by atoms with E-state index in [4.69, 9.17) is 21.1 Å². The number of methoxy groups -OCH3 is 2. The number of nitrogens with zero attached hydrogens (tertiary/aromatic N) is 1. The van der Waals surface area contributed by atoms with E-state index in [1.165, 1.54) is 14.2 Å². The van der Waals surface area contributed by atoms with Crippen molar-refractivity contribution in [2.75, 3.05) is 14.2 Å². The molecule has 0 aliphatic rings. The van der Waals surface area contributed by atoms with Crippen LogP contribution in [0.15, 0.2) is 12.3 Å². The normalized spacial score (nSPS) is 12.0. The zero-order valence-electron chi connectivity index (χ0n) is 10.9. The summed E-state index contributed by atoms with van der Waals surface area (Å²) in [6.07, 6.45) is 0.402. The van der Waals surface area contributed by atoms with Gasteiger partial charge in [-0.1, -0.05) is 25.4 Å². The van der Waals surface area contributed by atoms with Crippen LogP contribution in [0.5, 0.6) is 0 Å². The molecule has 0 aromatic carbocycles. The van der Waals surface area contributed by atoms with Crippen LogP contribution < -0.4 is 0 Å². The Bertz CT molecular complexity index is 328. The monoisotopic (exact) mass is 261 g/mol. The summed E-state index contributed by atoms with van der Waals surface area (Å²) in [4.78, 5) is 4.05. The topological polar surface area (TPSA) is 51.6 Å². The summed E-state index contributed by atoms with van der Waals surface area (Å²) in [6, 6.07) is 1.67. The van der Waals surface area contributed by atoms with Crippen molar-refractivity contribution in [1.29, 1.82) is 0 Å². The molecule has 1 heterocycles. The Morgan fingerprint density at radius 3 is 2.18 bits per heavy atom. The van der Waals surface area contributed by atoms with E-state index in [1.807, 2.05) is 13.8 Å². The van der Waals surface area contributed by atoms with Crippen molar-refractivity contribution in [1.82, 2.24) is 4.98 Å². The minimum atomic E-state index is -0.685. The highest BCUT2D eigenvalue weighted by Crippen LogP contribution is 2.25. The summed E-state index contributed by atoms with van der Waals surface area (Å²) in [5.41, 5.74) is 1.17. The SMILES string of the molecule is CC.COC(OC)c1cnc(C(C)O)c(Cl)c1. The van der Waals surface area contributed by atoms with Crippen LogP contribution in [0.25, 0.3) is 0 Å².